The second-order valence-electron chi connectivity index (χ2n) is 15.8. The van der Waals surface area contributed by atoms with Gasteiger partial charge in [0.2, 0.25) is 0 Å². The Morgan fingerprint density at radius 2 is 1.98 bits per heavy atom. The predicted octanol–water partition coefficient (Wildman–Crippen LogP) is 6.57. The van der Waals surface area contributed by atoms with Crippen LogP contribution in [0, 0.1) is 18.3 Å². The van der Waals surface area contributed by atoms with Gasteiger partial charge < -0.3 is 25.0 Å². The van der Waals surface area contributed by atoms with E-state index < -0.39 is 34.5 Å². The smallest absolute Gasteiger partial charge is 0.418 e. The van der Waals surface area contributed by atoms with Gasteiger partial charge in [-0.1, -0.05) is 11.6 Å². The molecular formula is C37H42ClF5N8O3. The SMILES string of the molecule is Cc1c(C(=O)N(C)C)nn2c1CN(c1nc(OC[C@@]34C[C@H](C=C(F)F)CN3CC3(CC3)C4)nc3c1COC(c1cc(N)cc(Cl)c1C(F)(F)F)C3)CCC2. The lowest BCUT2D eigenvalue weighted by Crippen LogP contribution is -2.43. The van der Waals surface area contributed by atoms with Gasteiger partial charge in [0.1, 0.15) is 12.4 Å². The van der Waals surface area contributed by atoms with E-state index in [9.17, 15) is 26.7 Å². The predicted molar refractivity (Wildman–Crippen MR) is 189 cm³/mol. The van der Waals surface area contributed by atoms with Crippen LogP contribution < -0.4 is 15.4 Å². The molecule has 1 saturated carbocycles. The first-order valence-electron chi connectivity index (χ1n) is 18.2. The molecule has 2 N–H and O–H groups in total. The number of nitrogens with zero attached hydrogens (tertiary/aromatic N) is 7. The first-order chi connectivity index (χ1) is 25.5. The van der Waals surface area contributed by atoms with E-state index in [0.29, 0.717) is 61.8 Å². The fourth-order valence-electron chi connectivity index (χ4n) is 9.13. The first-order valence-corrected chi connectivity index (χ1v) is 18.5. The molecule has 1 aliphatic carbocycles. The molecule has 0 bridgehead atoms. The standard InChI is InChI=1S/C37H42ClF5N8O3/c1-20-27-15-49(7-4-8-51(27)47-31(20)33(52)48(2)3)32-24-16-53-28(23-10-22(44)11-25(38)30(23)37(41,42)43)12-26(24)45-34(46-32)54-19-36-13-21(9-29(39)40)14-50(36)18-35(17-36)5-6-35/h9-11,21,28H,4-8,12-19,44H2,1-3H3/t21-,28?,36-/m0/s1. The van der Waals surface area contributed by atoms with Crippen LogP contribution in [0.25, 0.3) is 0 Å². The van der Waals surface area contributed by atoms with Crippen LogP contribution in [0.1, 0.15) is 82.3 Å². The van der Waals surface area contributed by atoms with E-state index >= 15 is 0 Å². The Kier molecular flexibility index (Phi) is 9.11. The number of anilines is 2. The van der Waals surface area contributed by atoms with Crippen LogP contribution in [0.4, 0.5) is 33.5 Å². The zero-order valence-electron chi connectivity index (χ0n) is 30.3. The zero-order chi connectivity index (χ0) is 38.3. The molecule has 290 valence electrons. The third-order valence-corrected chi connectivity index (χ3v) is 12.1. The number of halogens is 6. The molecule has 3 atom stereocenters. The maximum Gasteiger partial charge on any atom is 0.418 e. The largest absolute Gasteiger partial charge is 0.461 e. The molecule has 6 heterocycles. The minimum Gasteiger partial charge on any atom is -0.461 e. The monoisotopic (exact) mass is 776 g/mol. The molecule has 11 nitrogen and oxygen atoms in total. The van der Waals surface area contributed by atoms with Crippen molar-refractivity contribution in [1.29, 1.82) is 0 Å². The van der Waals surface area contributed by atoms with E-state index in [1.54, 1.807) is 14.1 Å². The third kappa shape index (κ3) is 6.67. The summed E-state index contributed by atoms with van der Waals surface area (Å²) in [5.41, 5.74) is 7.58. The van der Waals surface area contributed by atoms with Crippen molar-refractivity contribution in [2.45, 2.75) is 83.0 Å². The lowest BCUT2D eigenvalue weighted by atomic mass is 9.86. The van der Waals surface area contributed by atoms with Gasteiger partial charge in [-0.25, -0.2) is 0 Å². The lowest BCUT2D eigenvalue weighted by molar-refractivity contribution is -0.139. The van der Waals surface area contributed by atoms with Crippen LogP contribution in [0.2, 0.25) is 5.02 Å². The number of hydrogen-bond acceptors (Lipinski definition) is 9. The van der Waals surface area contributed by atoms with Crippen LogP contribution >= 0.6 is 11.6 Å². The number of nitrogens with two attached hydrogens (primary N) is 1. The Balaban J connectivity index is 1.16. The highest BCUT2D eigenvalue weighted by molar-refractivity contribution is 6.31. The number of carbonyl (C=O) groups excluding carboxylic acids is 1. The van der Waals surface area contributed by atoms with Crippen LogP contribution in [0.5, 0.6) is 6.01 Å². The van der Waals surface area contributed by atoms with Gasteiger partial charge in [-0.2, -0.15) is 37.0 Å². The average molecular weight is 777 g/mol. The number of carbonyl (C=O) groups is 1. The number of amides is 1. The molecule has 3 fully saturated rings. The quantitative estimate of drug-likeness (QED) is 0.210. The molecule has 2 saturated heterocycles. The maximum atomic E-state index is 14.3. The number of nitrogen functional groups attached to an aromatic ring is 1. The summed E-state index contributed by atoms with van der Waals surface area (Å²) in [7, 11) is 3.35. The molecule has 1 aromatic carbocycles. The zero-order valence-corrected chi connectivity index (χ0v) is 31.0. The van der Waals surface area contributed by atoms with E-state index in [2.05, 4.69) is 10.00 Å². The van der Waals surface area contributed by atoms with Crippen molar-refractivity contribution in [3.05, 3.63) is 68.6 Å². The van der Waals surface area contributed by atoms with Gasteiger partial charge in [-0.3, -0.25) is 14.4 Å². The van der Waals surface area contributed by atoms with Gasteiger partial charge in [0, 0.05) is 63.5 Å². The molecule has 54 heavy (non-hydrogen) atoms. The van der Waals surface area contributed by atoms with E-state index in [0.717, 1.165) is 49.2 Å². The number of alkyl halides is 3. The van der Waals surface area contributed by atoms with Crippen LogP contribution in [-0.2, 0) is 37.0 Å². The van der Waals surface area contributed by atoms with Gasteiger partial charge >= 0.3 is 12.2 Å². The summed E-state index contributed by atoms with van der Waals surface area (Å²) >= 11 is 6.12. The molecule has 5 aliphatic rings. The normalized spacial score (nSPS) is 24.5. The fourth-order valence-corrected chi connectivity index (χ4v) is 9.47. The van der Waals surface area contributed by atoms with Crippen molar-refractivity contribution >= 4 is 29.0 Å². The minimum atomic E-state index is -4.76. The van der Waals surface area contributed by atoms with Crippen molar-refractivity contribution in [1.82, 2.24) is 29.5 Å². The molecular weight excluding hydrogens is 735 g/mol. The summed E-state index contributed by atoms with van der Waals surface area (Å²) in [5, 5.41) is 4.12. The number of hydrogen-bond donors (Lipinski definition) is 1. The fraction of sp³-hybridized carbons (Fsp3) is 0.568. The van der Waals surface area contributed by atoms with Gasteiger partial charge in [-0.05, 0) is 74.1 Å². The number of benzene rings is 1. The summed E-state index contributed by atoms with van der Waals surface area (Å²) in [5.74, 6) is -0.00731. The molecule has 0 radical (unpaired) electrons. The second kappa shape index (κ2) is 13.3. The van der Waals surface area contributed by atoms with Gasteiger partial charge in [0.05, 0.1) is 46.8 Å². The van der Waals surface area contributed by atoms with Gasteiger partial charge in [0.25, 0.3) is 12.0 Å². The van der Waals surface area contributed by atoms with E-state index in [4.69, 9.17) is 36.8 Å². The topological polar surface area (TPSA) is 115 Å². The molecule has 1 amide bonds. The number of fused-ring (bicyclic) bond motifs is 3. The lowest BCUT2D eigenvalue weighted by Gasteiger charge is -2.33. The number of aryl methyl sites for hydroxylation is 1. The van der Waals surface area contributed by atoms with Crippen LogP contribution in [-0.4, -0.2) is 81.3 Å². The Morgan fingerprint density at radius 1 is 1.20 bits per heavy atom. The highest BCUT2D eigenvalue weighted by Crippen LogP contribution is 2.61. The number of aromatic nitrogens is 4. The first kappa shape index (κ1) is 36.9. The molecule has 4 aliphatic heterocycles. The summed E-state index contributed by atoms with van der Waals surface area (Å²) in [6.07, 6.45) is -2.36. The van der Waals surface area contributed by atoms with Crippen LogP contribution in [0.15, 0.2) is 24.3 Å². The van der Waals surface area contributed by atoms with E-state index in [1.165, 1.54) is 11.0 Å². The molecule has 3 aromatic rings. The third-order valence-electron chi connectivity index (χ3n) is 11.8. The minimum absolute atomic E-state index is 0.0423. The van der Waals surface area contributed by atoms with E-state index in [1.807, 2.05) is 16.5 Å². The molecule has 2 aromatic heterocycles. The van der Waals surface area contributed by atoms with E-state index in [-0.39, 0.29) is 54.1 Å². The van der Waals surface area contributed by atoms with Crippen molar-refractivity contribution in [3.63, 3.8) is 0 Å². The summed E-state index contributed by atoms with van der Waals surface area (Å²) in [4.78, 5) is 28.5. The Hall–Kier alpha value is -4.02. The summed E-state index contributed by atoms with van der Waals surface area (Å²) < 4.78 is 84.3. The Morgan fingerprint density at radius 3 is 2.69 bits per heavy atom. The Labute approximate surface area is 314 Å². The van der Waals surface area contributed by atoms with Gasteiger partial charge in [-0.15, -0.1) is 0 Å². The summed E-state index contributed by atoms with van der Waals surface area (Å²) in [6, 6.07) is 2.36. The highest BCUT2D eigenvalue weighted by Gasteiger charge is 2.62. The molecule has 8 rings (SSSR count). The highest BCUT2D eigenvalue weighted by atomic mass is 35.5. The van der Waals surface area contributed by atoms with Crippen molar-refractivity contribution < 1.29 is 36.2 Å². The van der Waals surface area contributed by atoms with Crippen molar-refractivity contribution in [2.24, 2.45) is 11.3 Å². The maximum absolute atomic E-state index is 14.3. The molecule has 17 heteroatoms. The molecule has 1 spiro atoms. The average Bonchev–Trinajstić information content (AvgIpc) is 3.63. The van der Waals surface area contributed by atoms with Crippen molar-refractivity contribution in [3.8, 4) is 6.01 Å². The van der Waals surface area contributed by atoms with Crippen molar-refractivity contribution in [2.75, 3.05) is 51.0 Å². The molecule has 1 unspecified atom stereocenters. The Bertz CT molecular complexity index is 2030. The number of ether oxygens (including phenoxy) is 2. The van der Waals surface area contributed by atoms with Crippen LogP contribution in [0.3, 0.4) is 0 Å². The van der Waals surface area contributed by atoms with Gasteiger partial charge in [0.15, 0.2) is 5.69 Å². The summed E-state index contributed by atoms with van der Waals surface area (Å²) in [6.45, 7) is 4.75. The second-order valence-corrected chi connectivity index (χ2v) is 16.2. The number of rotatable bonds is 7.